The summed E-state index contributed by atoms with van der Waals surface area (Å²) in [4.78, 5) is 0. The summed E-state index contributed by atoms with van der Waals surface area (Å²) in [7, 11) is -3.01. The van der Waals surface area contributed by atoms with Crippen LogP contribution in [0.3, 0.4) is 0 Å². The predicted molar refractivity (Wildman–Crippen MR) is 101 cm³/mol. The van der Waals surface area contributed by atoms with E-state index in [4.69, 9.17) is 0 Å². The van der Waals surface area contributed by atoms with E-state index in [-0.39, 0.29) is 16.7 Å². The lowest BCUT2D eigenvalue weighted by Crippen LogP contribution is -2.53. The smallest absolute Gasteiger partial charge is 0.176 e. The van der Waals surface area contributed by atoms with Gasteiger partial charge in [-0.2, -0.15) is 5.10 Å². The number of nitrogens with zero attached hydrogens (tertiary/aromatic N) is 6. The van der Waals surface area contributed by atoms with Gasteiger partial charge in [0.05, 0.1) is 24.2 Å². The van der Waals surface area contributed by atoms with Gasteiger partial charge in [-0.1, -0.05) is 13.8 Å². The zero-order valence-electron chi connectivity index (χ0n) is 16.1. The molecule has 0 unspecified atom stereocenters. The van der Waals surface area contributed by atoms with Crippen LogP contribution >= 0.6 is 0 Å². The molecule has 0 bridgehead atoms. The average Bonchev–Trinajstić information content (AvgIpc) is 3.03. The molecule has 0 aromatic carbocycles. The van der Waals surface area contributed by atoms with Crippen molar-refractivity contribution in [1.29, 1.82) is 0 Å². The molecule has 2 heterocycles. The van der Waals surface area contributed by atoms with Crippen LogP contribution in [0.2, 0.25) is 0 Å². The number of aryl methyl sites for hydroxylation is 1. The van der Waals surface area contributed by atoms with Crippen LogP contribution in [0.5, 0.6) is 0 Å². The summed E-state index contributed by atoms with van der Waals surface area (Å²) >= 11 is 0. The average molecular weight is 394 g/mol. The molecule has 0 atom stereocenters. The number of rotatable bonds is 8. The molecule has 2 aromatic rings. The Hall–Kier alpha value is -1.97. The highest BCUT2D eigenvalue weighted by Crippen LogP contribution is 2.54. The van der Waals surface area contributed by atoms with Gasteiger partial charge >= 0.3 is 0 Å². The number of aromatic nitrogens is 6. The van der Waals surface area contributed by atoms with Crippen LogP contribution in [0, 0.1) is 11.3 Å². The van der Waals surface area contributed by atoms with Crippen molar-refractivity contribution >= 4 is 15.5 Å². The normalized spacial score (nSPS) is 21.0. The number of hydrogen-bond donors (Lipinski definition) is 1. The molecule has 2 aliphatic rings. The Bertz CT molecular complexity index is 919. The maximum atomic E-state index is 11.4. The lowest BCUT2D eigenvalue weighted by Gasteiger charge is -2.52. The molecule has 2 aliphatic carbocycles. The maximum absolute atomic E-state index is 11.4. The highest BCUT2D eigenvalue weighted by atomic mass is 32.2. The third-order valence-corrected chi connectivity index (χ3v) is 6.28. The Morgan fingerprint density at radius 1 is 1.30 bits per heavy atom. The molecule has 4 rings (SSSR count). The summed E-state index contributed by atoms with van der Waals surface area (Å²) in [5.74, 6) is 1.65. The SMILES string of the molecule is CC1(C)CC(Nc2cnn(CCS(C)(=O)=O)c2)(c2nnnn2CC2CC2)C1. The summed E-state index contributed by atoms with van der Waals surface area (Å²) in [6, 6.07) is 0. The van der Waals surface area contributed by atoms with Gasteiger partial charge in [0.25, 0.3) is 0 Å². The van der Waals surface area contributed by atoms with Crippen LogP contribution in [0.25, 0.3) is 0 Å². The molecule has 0 aliphatic heterocycles. The van der Waals surface area contributed by atoms with Crippen LogP contribution in [0.4, 0.5) is 5.69 Å². The van der Waals surface area contributed by atoms with Crippen LogP contribution < -0.4 is 5.32 Å². The molecule has 0 amide bonds. The van der Waals surface area contributed by atoms with Crippen molar-refractivity contribution in [3.63, 3.8) is 0 Å². The molecule has 1 N–H and O–H groups in total. The molecule has 0 radical (unpaired) electrons. The molecular weight excluding hydrogens is 366 g/mol. The zero-order valence-corrected chi connectivity index (χ0v) is 16.9. The first-order valence-corrected chi connectivity index (χ1v) is 11.5. The molecule has 27 heavy (non-hydrogen) atoms. The largest absolute Gasteiger partial charge is 0.370 e. The van der Waals surface area contributed by atoms with Gasteiger partial charge in [0.2, 0.25) is 0 Å². The van der Waals surface area contributed by atoms with E-state index in [9.17, 15) is 8.42 Å². The number of anilines is 1. The van der Waals surface area contributed by atoms with Crippen molar-refractivity contribution < 1.29 is 8.42 Å². The third kappa shape index (κ3) is 4.15. The summed E-state index contributed by atoms with van der Waals surface area (Å²) in [6.45, 7) is 5.72. The van der Waals surface area contributed by atoms with E-state index in [1.54, 1.807) is 10.9 Å². The first kappa shape index (κ1) is 18.4. The van der Waals surface area contributed by atoms with Crippen LogP contribution in [0.1, 0.15) is 45.4 Å². The molecule has 9 nitrogen and oxygen atoms in total. The van der Waals surface area contributed by atoms with Crippen LogP contribution in [0.15, 0.2) is 12.4 Å². The van der Waals surface area contributed by atoms with Crippen molar-refractivity contribution in [1.82, 2.24) is 30.0 Å². The minimum absolute atomic E-state index is 0.0753. The molecule has 0 saturated heterocycles. The summed E-state index contributed by atoms with van der Waals surface area (Å²) < 4.78 is 26.4. The molecule has 2 aromatic heterocycles. The van der Waals surface area contributed by atoms with Crippen molar-refractivity contribution in [3.8, 4) is 0 Å². The molecule has 0 spiro atoms. The zero-order chi connectivity index (χ0) is 19.3. The fourth-order valence-corrected chi connectivity index (χ4v) is 4.70. The monoisotopic (exact) mass is 393 g/mol. The minimum Gasteiger partial charge on any atom is -0.370 e. The van der Waals surface area contributed by atoms with E-state index in [2.05, 4.69) is 39.8 Å². The Balaban J connectivity index is 1.53. The van der Waals surface area contributed by atoms with Gasteiger partial charge in [-0.3, -0.25) is 4.68 Å². The molecule has 2 saturated carbocycles. The minimum atomic E-state index is -3.01. The number of nitrogens with one attached hydrogen (secondary N) is 1. The van der Waals surface area contributed by atoms with Crippen molar-refractivity contribution in [2.75, 3.05) is 17.3 Å². The Morgan fingerprint density at radius 2 is 2.04 bits per heavy atom. The highest BCUT2D eigenvalue weighted by Gasteiger charge is 2.54. The lowest BCUT2D eigenvalue weighted by atomic mass is 9.58. The van der Waals surface area contributed by atoms with E-state index in [1.807, 2.05) is 10.9 Å². The van der Waals surface area contributed by atoms with E-state index in [1.165, 1.54) is 19.1 Å². The standard InChI is InChI=1S/C17H27N7O2S/c1-16(2)11-17(12-16,15-20-21-22-24(15)9-13-4-5-13)19-14-8-18-23(10-14)6-7-27(3,25)26/h8,10,13,19H,4-7,9,11-12H2,1-3H3. The fraction of sp³-hybridized carbons (Fsp3) is 0.765. The van der Waals surface area contributed by atoms with E-state index in [0.29, 0.717) is 12.5 Å². The van der Waals surface area contributed by atoms with Gasteiger partial charge in [-0.25, -0.2) is 13.1 Å². The van der Waals surface area contributed by atoms with Crippen molar-refractivity contribution in [2.45, 2.75) is 58.2 Å². The van der Waals surface area contributed by atoms with Gasteiger partial charge in [-0.15, -0.1) is 5.10 Å². The Kier molecular flexibility index (Phi) is 4.28. The summed E-state index contributed by atoms with van der Waals surface area (Å²) in [6.07, 6.45) is 9.19. The Morgan fingerprint density at radius 3 is 2.67 bits per heavy atom. The van der Waals surface area contributed by atoms with Crippen LogP contribution in [-0.4, -0.2) is 50.4 Å². The Labute approximate surface area is 159 Å². The second-order valence-corrected chi connectivity index (χ2v) is 11.2. The van der Waals surface area contributed by atoms with Crippen molar-refractivity contribution in [2.24, 2.45) is 11.3 Å². The van der Waals surface area contributed by atoms with Crippen molar-refractivity contribution in [3.05, 3.63) is 18.2 Å². The van der Waals surface area contributed by atoms with Gasteiger partial charge in [-0.05, 0) is 47.4 Å². The summed E-state index contributed by atoms with van der Waals surface area (Å²) in [5.41, 5.74) is 0.766. The fourth-order valence-electron chi connectivity index (χ4n) is 4.19. The first-order chi connectivity index (χ1) is 12.6. The predicted octanol–water partition coefficient (Wildman–Crippen LogP) is 1.45. The molecular formula is C17H27N7O2S. The van der Waals surface area contributed by atoms with E-state index in [0.717, 1.165) is 30.9 Å². The van der Waals surface area contributed by atoms with E-state index >= 15 is 0 Å². The van der Waals surface area contributed by atoms with E-state index < -0.39 is 9.84 Å². The first-order valence-electron chi connectivity index (χ1n) is 9.39. The molecule has 2 fully saturated rings. The van der Waals surface area contributed by atoms with Gasteiger partial charge in [0.15, 0.2) is 5.82 Å². The number of sulfone groups is 1. The van der Waals surface area contributed by atoms with Gasteiger partial charge in [0.1, 0.15) is 15.4 Å². The molecule has 10 heteroatoms. The second-order valence-electron chi connectivity index (χ2n) is 8.97. The number of tetrazole rings is 1. The quantitative estimate of drug-likeness (QED) is 0.723. The third-order valence-electron chi connectivity index (χ3n) is 5.36. The van der Waals surface area contributed by atoms with Gasteiger partial charge in [0, 0.05) is 19.0 Å². The highest BCUT2D eigenvalue weighted by molar-refractivity contribution is 7.90. The number of hydrogen-bond acceptors (Lipinski definition) is 7. The van der Waals surface area contributed by atoms with Crippen LogP contribution in [-0.2, 0) is 28.5 Å². The summed E-state index contributed by atoms with van der Waals surface area (Å²) in [5, 5.41) is 20.4. The lowest BCUT2D eigenvalue weighted by molar-refractivity contribution is 0.0678. The topological polar surface area (TPSA) is 108 Å². The van der Waals surface area contributed by atoms with Gasteiger partial charge < -0.3 is 5.32 Å². The molecule has 148 valence electrons. The maximum Gasteiger partial charge on any atom is 0.176 e. The second kappa shape index (κ2) is 6.29.